The number of rotatable bonds is 3. The molecule has 0 aromatic rings. The molecule has 17 heavy (non-hydrogen) atoms. The van der Waals surface area contributed by atoms with Crippen molar-refractivity contribution in [3.05, 3.63) is 0 Å². The predicted octanol–water partition coefficient (Wildman–Crippen LogP) is 1.60. The number of hydrogen-bond acceptors (Lipinski definition) is 3. The highest BCUT2D eigenvalue weighted by atomic mass is 16.3. The van der Waals surface area contributed by atoms with Crippen molar-refractivity contribution in [2.75, 3.05) is 19.7 Å². The van der Waals surface area contributed by atoms with Crippen molar-refractivity contribution in [1.29, 1.82) is 0 Å². The van der Waals surface area contributed by atoms with E-state index in [1.54, 1.807) is 0 Å². The zero-order chi connectivity index (χ0) is 12.3. The van der Waals surface area contributed by atoms with Gasteiger partial charge in [0.05, 0.1) is 6.61 Å². The molecular formula is C14H28N2O. The summed E-state index contributed by atoms with van der Waals surface area (Å²) in [5.41, 5.74) is 5.96. The van der Waals surface area contributed by atoms with E-state index in [0.29, 0.717) is 30.5 Å². The summed E-state index contributed by atoms with van der Waals surface area (Å²) in [4.78, 5) is 2.58. The Hall–Kier alpha value is -0.120. The summed E-state index contributed by atoms with van der Waals surface area (Å²) in [5.74, 6) is 1.29. The highest BCUT2D eigenvalue weighted by molar-refractivity contribution is 4.92. The van der Waals surface area contributed by atoms with Crippen molar-refractivity contribution in [2.45, 2.75) is 57.5 Å². The van der Waals surface area contributed by atoms with E-state index in [1.807, 2.05) is 0 Å². The van der Waals surface area contributed by atoms with Crippen LogP contribution in [0.1, 0.15) is 45.4 Å². The molecule has 1 saturated heterocycles. The number of nitrogens with zero attached hydrogens (tertiary/aromatic N) is 1. The third-order valence-corrected chi connectivity index (χ3v) is 4.96. The van der Waals surface area contributed by atoms with Gasteiger partial charge in [-0.05, 0) is 44.2 Å². The van der Waals surface area contributed by atoms with Crippen LogP contribution in [0.25, 0.3) is 0 Å². The predicted molar refractivity (Wildman–Crippen MR) is 70.8 cm³/mol. The van der Waals surface area contributed by atoms with Gasteiger partial charge in [0.1, 0.15) is 0 Å². The number of aliphatic hydroxyl groups excluding tert-OH is 1. The molecule has 0 bridgehead atoms. The third kappa shape index (κ3) is 2.83. The number of hydrogen-bond donors (Lipinski definition) is 2. The zero-order valence-corrected chi connectivity index (χ0v) is 11.1. The van der Waals surface area contributed by atoms with E-state index in [-0.39, 0.29) is 0 Å². The molecule has 4 atom stereocenters. The van der Waals surface area contributed by atoms with Crippen molar-refractivity contribution in [2.24, 2.45) is 17.6 Å². The van der Waals surface area contributed by atoms with E-state index >= 15 is 0 Å². The summed E-state index contributed by atoms with van der Waals surface area (Å²) in [6.07, 6.45) is 7.84. The van der Waals surface area contributed by atoms with E-state index in [9.17, 15) is 5.11 Å². The van der Waals surface area contributed by atoms with Crippen molar-refractivity contribution >= 4 is 0 Å². The van der Waals surface area contributed by atoms with Crippen LogP contribution >= 0.6 is 0 Å². The fraction of sp³-hybridized carbons (Fsp3) is 1.00. The number of nitrogens with two attached hydrogens (primary N) is 1. The van der Waals surface area contributed by atoms with Crippen LogP contribution in [-0.4, -0.2) is 41.8 Å². The van der Waals surface area contributed by atoms with Crippen LogP contribution in [0.4, 0.5) is 0 Å². The summed E-state index contributed by atoms with van der Waals surface area (Å²) in [6.45, 7) is 4.56. The van der Waals surface area contributed by atoms with Crippen molar-refractivity contribution in [3.8, 4) is 0 Å². The molecule has 0 amide bonds. The van der Waals surface area contributed by atoms with E-state index < -0.39 is 0 Å². The highest BCUT2D eigenvalue weighted by Gasteiger charge is 2.38. The maximum Gasteiger partial charge on any atom is 0.0589 e. The Kier molecular flexibility index (Phi) is 4.83. The van der Waals surface area contributed by atoms with Gasteiger partial charge in [0.25, 0.3) is 0 Å². The number of aliphatic hydroxyl groups is 1. The average Bonchev–Trinajstić information content (AvgIpc) is 2.57. The summed E-state index contributed by atoms with van der Waals surface area (Å²) < 4.78 is 0. The largest absolute Gasteiger partial charge is 0.395 e. The first kappa shape index (κ1) is 13.3. The fourth-order valence-corrected chi connectivity index (χ4v) is 3.81. The summed E-state index contributed by atoms with van der Waals surface area (Å²) >= 11 is 0. The van der Waals surface area contributed by atoms with E-state index in [1.165, 1.54) is 38.5 Å². The molecule has 100 valence electrons. The fourth-order valence-electron chi connectivity index (χ4n) is 3.81. The lowest BCUT2D eigenvalue weighted by molar-refractivity contribution is 0.0718. The Balaban J connectivity index is 2.07. The molecule has 2 fully saturated rings. The van der Waals surface area contributed by atoms with Crippen LogP contribution in [0, 0.1) is 11.8 Å². The zero-order valence-electron chi connectivity index (χ0n) is 11.1. The number of likely N-dealkylation sites (tertiary alicyclic amines) is 1. The van der Waals surface area contributed by atoms with Crippen molar-refractivity contribution in [1.82, 2.24) is 4.90 Å². The first-order chi connectivity index (χ1) is 8.27. The Morgan fingerprint density at radius 2 is 1.94 bits per heavy atom. The van der Waals surface area contributed by atoms with Crippen molar-refractivity contribution in [3.63, 3.8) is 0 Å². The SMILES string of the molecule is CC1CCN(C2CCCCCC2CN)C1CO. The molecule has 0 radical (unpaired) electrons. The van der Waals surface area contributed by atoms with E-state index in [0.717, 1.165) is 13.1 Å². The molecule has 0 aromatic carbocycles. The lowest BCUT2D eigenvalue weighted by atomic mass is 9.92. The third-order valence-electron chi connectivity index (χ3n) is 4.96. The Morgan fingerprint density at radius 1 is 1.18 bits per heavy atom. The minimum Gasteiger partial charge on any atom is -0.395 e. The van der Waals surface area contributed by atoms with Gasteiger partial charge < -0.3 is 10.8 Å². The van der Waals surface area contributed by atoms with Crippen LogP contribution in [0.3, 0.4) is 0 Å². The van der Waals surface area contributed by atoms with E-state index in [4.69, 9.17) is 5.73 Å². The van der Waals surface area contributed by atoms with Crippen LogP contribution in [0.5, 0.6) is 0 Å². The van der Waals surface area contributed by atoms with Crippen molar-refractivity contribution < 1.29 is 5.11 Å². The minimum absolute atomic E-state index is 0.314. The molecule has 2 aliphatic rings. The molecule has 0 spiro atoms. The molecule has 2 rings (SSSR count). The maximum atomic E-state index is 9.59. The van der Waals surface area contributed by atoms with Crippen LogP contribution in [-0.2, 0) is 0 Å². The smallest absolute Gasteiger partial charge is 0.0589 e. The highest BCUT2D eigenvalue weighted by Crippen LogP contribution is 2.33. The molecule has 3 nitrogen and oxygen atoms in total. The van der Waals surface area contributed by atoms with Crippen LogP contribution in [0.2, 0.25) is 0 Å². The lowest BCUT2D eigenvalue weighted by Crippen LogP contribution is -2.47. The summed E-state index contributed by atoms with van der Waals surface area (Å²) in [7, 11) is 0. The second-order valence-electron chi connectivity index (χ2n) is 5.95. The molecule has 1 aliphatic heterocycles. The molecule has 1 heterocycles. The Bertz CT molecular complexity index is 234. The van der Waals surface area contributed by atoms with Crippen LogP contribution < -0.4 is 5.73 Å². The average molecular weight is 240 g/mol. The van der Waals surface area contributed by atoms with Gasteiger partial charge in [-0.1, -0.05) is 26.2 Å². The van der Waals surface area contributed by atoms with Gasteiger partial charge in [0.2, 0.25) is 0 Å². The minimum atomic E-state index is 0.314. The Morgan fingerprint density at radius 3 is 2.65 bits per heavy atom. The summed E-state index contributed by atoms with van der Waals surface area (Å²) in [6, 6.07) is 1.01. The second kappa shape index (κ2) is 6.17. The Labute approximate surface area is 105 Å². The molecule has 1 aliphatic carbocycles. The van der Waals surface area contributed by atoms with Gasteiger partial charge in [-0.2, -0.15) is 0 Å². The van der Waals surface area contributed by atoms with Gasteiger partial charge >= 0.3 is 0 Å². The monoisotopic (exact) mass is 240 g/mol. The van der Waals surface area contributed by atoms with Gasteiger partial charge in [-0.15, -0.1) is 0 Å². The van der Waals surface area contributed by atoms with Gasteiger partial charge in [-0.3, -0.25) is 4.90 Å². The standard InChI is InChI=1S/C14H28N2O/c1-11-7-8-16(14(11)10-17)13-6-4-2-3-5-12(13)9-15/h11-14,17H,2-10,15H2,1H3. The molecule has 3 N–H and O–H groups in total. The van der Waals surface area contributed by atoms with E-state index in [2.05, 4.69) is 11.8 Å². The molecule has 3 heteroatoms. The molecule has 4 unspecified atom stereocenters. The molecule has 1 saturated carbocycles. The first-order valence-corrected chi connectivity index (χ1v) is 7.34. The first-order valence-electron chi connectivity index (χ1n) is 7.34. The molecule has 0 aromatic heterocycles. The summed E-state index contributed by atoms with van der Waals surface area (Å²) in [5, 5.41) is 9.59. The van der Waals surface area contributed by atoms with Gasteiger partial charge in [-0.25, -0.2) is 0 Å². The van der Waals surface area contributed by atoms with Gasteiger partial charge in [0, 0.05) is 12.1 Å². The quantitative estimate of drug-likeness (QED) is 0.737. The topological polar surface area (TPSA) is 49.5 Å². The van der Waals surface area contributed by atoms with Gasteiger partial charge in [0.15, 0.2) is 0 Å². The van der Waals surface area contributed by atoms with Crippen LogP contribution in [0.15, 0.2) is 0 Å². The normalized spacial score (nSPS) is 40.4. The molecular weight excluding hydrogens is 212 g/mol. The maximum absolute atomic E-state index is 9.59. The lowest BCUT2D eigenvalue weighted by Gasteiger charge is -2.37. The second-order valence-corrected chi connectivity index (χ2v) is 5.95.